The van der Waals surface area contributed by atoms with E-state index in [-0.39, 0.29) is 23.1 Å². The highest BCUT2D eigenvalue weighted by atomic mass is 32.2. The Hall–Kier alpha value is -3.80. The summed E-state index contributed by atoms with van der Waals surface area (Å²) in [5.41, 5.74) is 0.912. The van der Waals surface area contributed by atoms with Gasteiger partial charge in [-0.3, -0.25) is 9.52 Å². The lowest BCUT2D eigenvalue weighted by atomic mass is 10.0. The van der Waals surface area contributed by atoms with Crippen molar-refractivity contribution in [1.82, 2.24) is 10.5 Å². The molecule has 180 valence electrons. The Labute approximate surface area is 194 Å². The van der Waals surface area contributed by atoms with E-state index in [1.165, 1.54) is 37.4 Å². The van der Waals surface area contributed by atoms with Crippen molar-refractivity contribution in [2.24, 2.45) is 5.92 Å². The third-order valence-electron chi connectivity index (χ3n) is 4.72. The van der Waals surface area contributed by atoms with Gasteiger partial charge in [-0.05, 0) is 30.2 Å². The molecule has 34 heavy (non-hydrogen) atoms. The van der Waals surface area contributed by atoms with Crippen LogP contribution in [-0.4, -0.2) is 38.6 Å². The molecule has 0 bridgehead atoms. The molecule has 3 aromatic rings. The Kier molecular flexibility index (Phi) is 7.30. The largest absolute Gasteiger partial charge is 0.467 e. The number of methoxy groups -OCH3 is 1. The second-order valence-corrected chi connectivity index (χ2v) is 9.27. The molecule has 0 aliphatic heterocycles. The van der Waals surface area contributed by atoms with Crippen LogP contribution in [0.4, 0.5) is 14.5 Å². The lowest BCUT2D eigenvalue weighted by Crippen LogP contribution is -2.44. The maximum Gasteiger partial charge on any atom is 0.328 e. The topological polar surface area (TPSA) is 128 Å². The summed E-state index contributed by atoms with van der Waals surface area (Å²) in [7, 11) is -3.01. The van der Waals surface area contributed by atoms with Gasteiger partial charge >= 0.3 is 5.97 Å². The zero-order valence-corrected chi connectivity index (χ0v) is 19.2. The Balaban J connectivity index is 1.73. The third-order valence-corrected chi connectivity index (χ3v) is 6.08. The van der Waals surface area contributed by atoms with Gasteiger partial charge in [0.1, 0.15) is 23.4 Å². The zero-order chi connectivity index (χ0) is 25.0. The zero-order valence-electron chi connectivity index (χ0n) is 18.3. The maximum atomic E-state index is 13.4. The molecule has 1 amide bonds. The molecule has 0 radical (unpaired) electrons. The van der Waals surface area contributed by atoms with Crippen LogP contribution in [0.1, 0.15) is 24.4 Å². The molecule has 0 fully saturated rings. The minimum atomic E-state index is -4.23. The normalized spacial score (nSPS) is 12.3. The number of carbonyl (C=O) groups is 2. The molecule has 0 saturated carbocycles. The van der Waals surface area contributed by atoms with Crippen molar-refractivity contribution in [2.45, 2.75) is 24.8 Å². The van der Waals surface area contributed by atoms with Crippen LogP contribution < -0.4 is 10.0 Å². The average molecular weight is 493 g/mol. The van der Waals surface area contributed by atoms with Crippen LogP contribution in [0.3, 0.4) is 0 Å². The van der Waals surface area contributed by atoms with Crippen molar-refractivity contribution in [3.63, 3.8) is 0 Å². The molecule has 0 saturated heterocycles. The molecule has 1 atom stereocenters. The first-order valence-electron chi connectivity index (χ1n) is 9.95. The summed E-state index contributed by atoms with van der Waals surface area (Å²) in [5, 5.41) is 6.35. The number of hydrogen-bond acceptors (Lipinski definition) is 7. The van der Waals surface area contributed by atoms with E-state index in [0.717, 1.165) is 0 Å². The monoisotopic (exact) mass is 493 g/mol. The standard InChI is InChI=1S/C22H21F2N3O6S/c1-12(2)20(22(29)32-3)25-21(28)19-11-18(26-33-19)13-4-6-16(7-5-13)27-34(30,31)17-9-14(23)8-15(24)10-17/h4-12,20,27H,1-3H3,(H,25,28)/t20-/m1/s1. The van der Waals surface area contributed by atoms with Crippen LogP contribution in [0.5, 0.6) is 0 Å². The summed E-state index contributed by atoms with van der Waals surface area (Å²) in [4.78, 5) is 23.7. The summed E-state index contributed by atoms with van der Waals surface area (Å²) >= 11 is 0. The first kappa shape index (κ1) is 24.8. The maximum absolute atomic E-state index is 13.4. The number of nitrogens with one attached hydrogen (secondary N) is 2. The highest BCUT2D eigenvalue weighted by Gasteiger charge is 2.27. The van der Waals surface area contributed by atoms with E-state index in [9.17, 15) is 26.8 Å². The van der Waals surface area contributed by atoms with Gasteiger partial charge in [-0.1, -0.05) is 31.1 Å². The number of anilines is 1. The number of aromatic nitrogens is 1. The number of amides is 1. The second-order valence-electron chi connectivity index (χ2n) is 7.58. The highest BCUT2D eigenvalue weighted by Crippen LogP contribution is 2.24. The summed E-state index contributed by atoms with van der Waals surface area (Å²) in [6.45, 7) is 3.49. The third kappa shape index (κ3) is 5.76. The molecular formula is C22H21F2N3O6S. The van der Waals surface area contributed by atoms with Crippen molar-refractivity contribution in [3.05, 3.63) is 65.9 Å². The van der Waals surface area contributed by atoms with Gasteiger partial charge in [-0.25, -0.2) is 22.0 Å². The van der Waals surface area contributed by atoms with E-state index in [4.69, 9.17) is 4.52 Å². The predicted molar refractivity (Wildman–Crippen MR) is 117 cm³/mol. The number of carbonyl (C=O) groups excluding carboxylic acids is 2. The molecule has 12 heteroatoms. The van der Waals surface area contributed by atoms with Crippen molar-refractivity contribution in [2.75, 3.05) is 11.8 Å². The van der Waals surface area contributed by atoms with Gasteiger partial charge in [0.05, 0.1) is 12.0 Å². The first-order valence-corrected chi connectivity index (χ1v) is 11.4. The number of esters is 1. The molecule has 1 aromatic heterocycles. The number of hydrogen-bond donors (Lipinski definition) is 2. The van der Waals surface area contributed by atoms with Crippen LogP contribution in [0.2, 0.25) is 0 Å². The molecule has 9 nitrogen and oxygen atoms in total. The average Bonchev–Trinajstić information content (AvgIpc) is 3.26. The molecule has 1 heterocycles. The SMILES string of the molecule is COC(=O)[C@H](NC(=O)c1cc(-c2ccc(NS(=O)(=O)c3cc(F)cc(F)c3)cc2)no1)C(C)C. The molecule has 3 rings (SSSR count). The van der Waals surface area contributed by atoms with Gasteiger partial charge < -0.3 is 14.6 Å². The van der Waals surface area contributed by atoms with E-state index >= 15 is 0 Å². The Morgan fingerprint density at radius 3 is 2.21 bits per heavy atom. The molecule has 0 aliphatic carbocycles. The van der Waals surface area contributed by atoms with Crippen molar-refractivity contribution in [1.29, 1.82) is 0 Å². The number of nitrogens with zero attached hydrogens (tertiary/aromatic N) is 1. The van der Waals surface area contributed by atoms with Crippen LogP contribution in [-0.2, 0) is 19.6 Å². The number of rotatable bonds is 8. The smallest absolute Gasteiger partial charge is 0.328 e. The van der Waals surface area contributed by atoms with Crippen molar-refractivity contribution < 1.29 is 36.0 Å². The van der Waals surface area contributed by atoms with E-state index in [1.807, 2.05) is 0 Å². The minimum absolute atomic E-state index is 0.132. The fourth-order valence-corrected chi connectivity index (χ4v) is 4.06. The van der Waals surface area contributed by atoms with Gasteiger partial charge in [0, 0.05) is 23.4 Å². The van der Waals surface area contributed by atoms with E-state index < -0.39 is 44.5 Å². The van der Waals surface area contributed by atoms with E-state index in [0.29, 0.717) is 23.8 Å². The molecule has 0 unspecified atom stereocenters. The minimum Gasteiger partial charge on any atom is -0.467 e. The molecule has 0 spiro atoms. The lowest BCUT2D eigenvalue weighted by molar-refractivity contribution is -0.144. The summed E-state index contributed by atoms with van der Waals surface area (Å²) in [6.07, 6.45) is 0. The fraction of sp³-hybridized carbons (Fsp3) is 0.227. The van der Waals surface area contributed by atoms with Gasteiger partial charge in [0.2, 0.25) is 5.76 Å². The summed E-state index contributed by atoms with van der Waals surface area (Å²) < 4.78 is 63.5. The van der Waals surface area contributed by atoms with E-state index in [2.05, 4.69) is 19.9 Å². The van der Waals surface area contributed by atoms with Gasteiger partial charge in [-0.2, -0.15) is 0 Å². The Morgan fingerprint density at radius 1 is 1.03 bits per heavy atom. The number of ether oxygens (including phenoxy) is 1. The highest BCUT2D eigenvalue weighted by molar-refractivity contribution is 7.92. The number of benzene rings is 2. The summed E-state index contributed by atoms with van der Waals surface area (Å²) in [6, 6.07) is 8.29. The van der Waals surface area contributed by atoms with Crippen LogP contribution >= 0.6 is 0 Å². The number of sulfonamides is 1. The molecule has 2 N–H and O–H groups in total. The van der Waals surface area contributed by atoms with Gasteiger partial charge in [0.25, 0.3) is 15.9 Å². The Morgan fingerprint density at radius 2 is 1.65 bits per heavy atom. The van der Waals surface area contributed by atoms with Crippen molar-refractivity contribution >= 4 is 27.6 Å². The quantitative estimate of drug-likeness (QED) is 0.461. The predicted octanol–water partition coefficient (Wildman–Crippen LogP) is 3.35. The Bertz CT molecular complexity index is 1290. The van der Waals surface area contributed by atoms with Crippen LogP contribution in [0.25, 0.3) is 11.3 Å². The fourth-order valence-electron chi connectivity index (χ4n) is 2.96. The summed E-state index contributed by atoms with van der Waals surface area (Å²) in [5.74, 6) is -3.65. The van der Waals surface area contributed by atoms with Gasteiger partial charge in [0.15, 0.2) is 0 Å². The van der Waals surface area contributed by atoms with E-state index in [1.54, 1.807) is 13.8 Å². The first-order chi connectivity index (χ1) is 16.0. The van der Waals surface area contributed by atoms with Crippen LogP contribution in [0.15, 0.2) is 57.9 Å². The second kappa shape index (κ2) is 10.00. The molecule has 0 aliphatic rings. The number of halogens is 2. The van der Waals surface area contributed by atoms with Gasteiger partial charge in [-0.15, -0.1) is 0 Å². The molecule has 2 aromatic carbocycles. The molecular weight excluding hydrogens is 472 g/mol. The van der Waals surface area contributed by atoms with Crippen molar-refractivity contribution in [3.8, 4) is 11.3 Å². The van der Waals surface area contributed by atoms with Crippen LogP contribution in [0, 0.1) is 17.6 Å². The lowest BCUT2D eigenvalue weighted by Gasteiger charge is -2.18.